The molecule has 1 aliphatic rings. The van der Waals surface area contributed by atoms with Gasteiger partial charge in [-0.1, -0.05) is 38.3 Å². The van der Waals surface area contributed by atoms with E-state index in [-0.39, 0.29) is 17.2 Å². The van der Waals surface area contributed by atoms with Crippen LogP contribution in [0.1, 0.15) is 51.6 Å². The van der Waals surface area contributed by atoms with E-state index in [0.717, 1.165) is 31.4 Å². The van der Waals surface area contributed by atoms with E-state index < -0.39 is 0 Å². The number of aromatic nitrogens is 1. The Kier molecular flexibility index (Phi) is 6.59. The van der Waals surface area contributed by atoms with E-state index in [4.69, 9.17) is 14.0 Å². The van der Waals surface area contributed by atoms with Crippen molar-refractivity contribution in [1.29, 1.82) is 0 Å². The van der Waals surface area contributed by atoms with E-state index in [0.29, 0.717) is 25.7 Å². The lowest BCUT2D eigenvalue weighted by atomic mass is 9.72. The van der Waals surface area contributed by atoms with Gasteiger partial charge in [0.1, 0.15) is 0 Å². The summed E-state index contributed by atoms with van der Waals surface area (Å²) in [5.74, 6) is 0.256. The predicted octanol–water partition coefficient (Wildman–Crippen LogP) is 3.13. The molecule has 1 aliphatic carbocycles. The highest BCUT2D eigenvalue weighted by molar-refractivity contribution is 5.90. The van der Waals surface area contributed by atoms with Crippen LogP contribution in [-0.4, -0.2) is 38.0 Å². The molecule has 1 amide bonds. The molecule has 23 heavy (non-hydrogen) atoms. The summed E-state index contributed by atoms with van der Waals surface area (Å²) in [5, 5.41) is 6.99. The molecule has 1 saturated carbocycles. The molecule has 1 N–H and O–H groups in total. The first kappa shape index (κ1) is 17.9. The Labute approximate surface area is 137 Å². The van der Waals surface area contributed by atoms with Crippen molar-refractivity contribution in [2.24, 2.45) is 5.92 Å². The number of hydrogen-bond donors (Lipinski definition) is 1. The van der Waals surface area contributed by atoms with Crippen molar-refractivity contribution in [2.75, 3.05) is 32.2 Å². The lowest BCUT2D eigenvalue weighted by molar-refractivity contribution is -0.119. The van der Waals surface area contributed by atoms with Gasteiger partial charge < -0.3 is 14.0 Å². The minimum Gasteiger partial charge on any atom is -0.382 e. The molecule has 0 bridgehead atoms. The summed E-state index contributed by atoms with van der Waals surface area (Å²) < 4.78 is 16.2. The molecule has 6 nitrogen and oxygen atoms in total. The van der Waals surface area contributed by atoms with Gasteiger partial charge in [0.2, 0.25) is 11.8 Å². The SMILES string of the molecule is COCCOCC1(c2cc(NC(=O)C(C)C)on2)CCCCC1. The molecule has 0 atom stereocenters. The summed E-state index contributed by atoms with van der Waals surface area (Å²) in [4.78, 5) is 11.8. The molecule has 2 rings (SSSR count). The number of methoxy groups -OCH3 is 1. The molecule has 1 fully saturated rings. The Morgan fingerprint density at radius 3 is 2.74 bits per heavy atom. The molecule has 0 aromatic carbocycles. The van der Waals surface area contributed by atoms with Gasteiger partial charge in [-0.2, -0.15) is 0 Å². The number of amides is 1. The Morgan fingerprint density at radius 2 is 2.09 bits per heavy atom. The molecule has 0 unspecified atom stereocenters. The zero-order chi connectivity index (χ0) is 16.7. The van der Waals surface area contributed by atoms with Crippen molar-refractivity contribution in [3.05, 3.63) is 11.8 Å². The zero-order valence-electron chi connectivity index (χ0n) is 14.4. The minimum atomic E-state index is -0.115. The molecule has 0 saturated heterocycles. The van der Waals surface area contributed by atoms with Crippen molar-refractivity contribution < 1.29 is 18.8 Å². The maximum Gasteiger partial charge on any atom is 0.231 e. The fourth-order valence-electron chi connectivity index (χ4n) is 2.96. The van der Waals surface area contributed by atoms with Crippen LogP contribution in [0.4, 0.5) is 5.88 Å². The van der Waals surface area contributed by atoms with Crippen LogP contribution in [0.5, 0.6) is 0 Å². The number of ether oxygens (including phenoxy) is 2. The number of carbonyl (C=O) groups is 1. The van der Waals surface area contributed by atoms with Crippen molar-refractivity contribution in [3.63, 3.8) is 0 Å². The van der Waals surface area contributed by atoms with Gasteiger partial charge in [0.05, 0.1) is 25.5 Å². The summed E-state index contributed by atoms with van der Waals surface area (Å²) in [7, 11) is 1.67. The smallest absolute Gasteiger partial charge is 0.231 e. The van der Waals surface area contributed by atoms with Gasteiger partial charge in [-0.25, -0.2) is 0 Å². The average molecular weight is 324 g/mol. The summed E-state index contributed by atoms with van der Waals surface area (Å²) in [5.41, 5.74) is 0.768. The zero-order valence-corrected chi connectivity index (χ0v) is 14.4. The lowest BCUT2D eigenvalue weighted by Crippen LogP contribution is -2.35. The first-order valence-corrected chi connectivity index (χ1v) is 8.42. The number of carbonyl (C=O) groups excluding carboxylic acids is 1. The van der Waals surface area contributed by atoms with Gasteiger partial charge in [-0.15, -0.1) is 0 Å². The molecular weight excluding hydrogens is 296 g/mol. The van der Waals surface area contributed by atoms with Crippen LogP contribution >= 0.6 is 0 Å². The Balaban J connectivity index is 2.06. The van der Waals surface area contributed by atoms with Gasteiger partial charge in [-0.05, 0) is 12.8 Å². The molecule has 1 aromatic rings. The third-order valence-corrected chi connectivity index (χ3v) is 4.45. The number of hydrogen-bond acceptors (Lipinski definition) is 5. The highest BCUT2D eigenvalue weighted by Crippen LogP contribution is 2.40. The van der Waals surface area contributed by atoms with Gasteiger partial charge in [0.25, 0.3) is 0 Å². The van der Waals surface area contributed by atoms with E-state index in [1.54, 1.807) is 7.11 Å². The molecule has 0 radical (unpaired) electrons. The third kappa shape index (κ3) is 4.78. The maximum absolute atomic E-state index is 11.8. The largest absolute Gasteiger partial charge is 0.382 e. The van der Waals surface area contributed by atoms with E-state index in [9.17, 15) is 4.79 Å². The summed E-state index contributed by atoms with van der Waals surface area (Å²) in [6.07, 6.45) is 5.63. The van der Waals surface area contributed by atoms with E-state index in [1.807, 2.05) is 19.9 Å². The topological polar surface area (TPSA) is 73.6 Å². The van der Waals surface area contributed by atoms with Gasteiger partial charge >= 0.3 is 0 Å². The Bertz CT molecular complexity index is 493. The Morgan fingerprint density at radius 1 is 1.35 bits per heavy atom. The van der Waals surface area contributed by atoms with Crippen LogP contribution in [0.25, 0.3) is 0 Å². The first-order chi connectivity index (χ1) is 11.1. The van der Waals surface area contributed by atoms with Crippen molar-refractivity contribution in [3.8, 4) is 0 Å². The normalized spacial score (nSPS) is 17.4. The molecule has 1 heterocycles. The van der Waals surface area contributed by atoms with Crippen molar-refractivity contribution in [1.82, 2.24) is 5.16 Å². The predicted molar refractivity (Wildman–Crippen MR) is 87.4 cm³/mol. The van der Waals surface area contributed by atoms with Gasteiger partial charge in [0.15, 0.2) is 0 Å². The second-order valence-electron chi connectivity index (χ2n) is 6.61. The van der Waals surface area contributed by atoms with Crippen LogP contribution in [0, 0.1) is 5.92 Å². The van der Waals surface area contributed by atoms with Crippen LogP contribution in [0.15, 0.2) is 10.6 Å². The number of nitrogens with one attached hydrogen (secondary N) is 1. The quantitative estimate of drug-likeness (QED) is 0.744. The third-order valence-electron chi connectivity index (χ3n) is 4.45. The highest BCUT2D eigenvalue weighted by atomic mass is 16.5. The lowest BCUT2D eigenvalue weighted by Gasteiger charge is -2.35. The van der Waals surface area contributed by atoms with E-state index in [2.05, 4.69) is 10.5 Å². The first-order valence-electron chi connectivity index (χ1n) is 8.42. The van der Waals surface area contributed by atoms with Crippen molar-refractivity contribution >= 4 is 11.8 Å². The molecular formula is C17H28N2O4. The summed E-state index contributed by atoms with van der Waals surface area (Å²) >= 11 is 0. The molecule has 1 aromatic heterocycles. The highest BCUT2D eigenvalue weighted by Gasteiger charge is 2.37. The molecule has 6 heteroatoms. The van der Waals surface area contributed by atoms with Crippen molar-refractivity contribution in [2.45, 2.75) is 51.4 Å². The van der Waals surface area contributed by atoms with Gasteiger partial charge in [-0.3, -0.25) is 10.1 Å². The monoisotopic (exact) mass is 324 g/mol. The summed E-state index contributed by atoms with van der Waals surface area (Å²) in [6.45, 7) is 5.47. The second-order valence-corrected chi connectivity index (χ2v) is 6.61. The fourth-order valence-corrected chi connectivity index (χ4v) is 2.96. The average Bonchev–Trinajstić information content (AvgIpc) is 3.01. The van der Waals surface area contributed by atoms with Crippen LogP contribution in [-0.2, 0) is 19.7 Å². The van der Waals surface area contributed by atoms with E-state index in [1.165, 1.54) is 6.42 Å². The minimum absolute atomic E-state index is 0.0678. The molecule has 130 valence electrons. The fraction of sp³-hybridized carbons (Fsp3) is 0.765. The number of anilines is 1. The van der Waals surface area contributed by atoms with Crippen LogP contribution in [0.3, 0.4) is 0 Å². The Hall–Kier alpha value is -1.40. The van der Waals surface area contributed by atoms with Crippen LogP contribution in [0.2, 0.25) is 0 Å². The number of rotatable bonds is 8. The maximum atomic E-state index is 11.8. The second kappa shape index (κ2) is 8.45. The molecule has 0 spiro atoms. The standard InChI is InChI=1S/C17H28N2O4/c1-13(2)16(20)18-15-11-14(19-23-15)17(7-5-4-6-8-17)12-22-10-9-21-3/h11,13H,4-10,12H2,1-3H3,(H,18,20). The van der Waals surface area contributed by atoms with Gasteiger partial charge in [0, 0.05) is 24.5 Å². The molecule has 0 aliphatic heterocycles. The van der Waals surface area contributed by atoms with E-state index >= 15 is 0 Å². The summed E-state index contributed by atoms with van der Waals surface area (Å²) in [6, 6.07) is 1.85. The van der Waals surface area contributed by atoms with Crippen LogP contribution < -0.4 is 5.32 Å². The number of nitrogens with zero attached hydrogens (tertiary/aromatic N) is 1.